The van der Waals surface area contributed by atoms with Crippen molar-refractivity contribution in [3.05, 3.63) is 18.2 Å². The number of primary sulfonamides is 1. The average molecular weight is 297 g/mol. The molecule has 5 nitrogen and oxygen atoms in total. The zero-order valence-corrected chi connectivity index (χ0v) is 12.6. The number of sulfonamides is 1. The van der Waals surface area contributed by atoms with Gasteiger partial charge in [-0.1, -0.05) is 19.8 Å². The van der Waals surface area contributed by atoms with Gasteiger partial charge >= 0.3 is 0 Å². The van der Waals surface area contributed by atoms with E-state index in [4.69, 9.17) is 10.9 Å². The fraction of sp³-hybridized carbons (Fsp3) is 0.571. The van der Waals surface area contributed by atoms with Crippen LogP contribution in [-0.2, 0) is 10.0 Å². The number of anilines is 2. The third-order valence-electron chi connectivity index (χ3n) is 3.93. The number of nitrogens with one attached hydrogen (secondary N) is 1. The standard InChI is InChI=1S/C14H23N3O2S/c1-10-3-2-4-12(7-5-10)17-13-8-6-11(15)9-14(13)20(16,18)19/h6,8-10,12,17H,2-5,7,15H2,1H3,(H2,16,18,19). The molecule has 0 radical (unpaired) electrons. The van der Waals surface area contributed by atoms with Crippen molar-refractivity contribution in [3.63, 3.8) is 0 Å². The Hall–Kier alpha value is -1.27. The second kappa shape index (κ2) is 6.01. The topological polar surface area (TPSA) is 98.2 Å². The number of hydrogen-bond acceptors (Lipinski definition) is 4. The highest BCUT2D eigenvalue weighted by molar-refractivity contribution is 7.89. The van der Waals surface area contributed by atoms with Crippen LogP contribution in [0.3, 0.4) is 0 Å². The van der Waals surface area contributed by atoms with E-state index in [2.05, 4.69) is 12.2 Å². The molecular formula is C14H23N3O2S. The molecule has 0 saturated heterocycles. The summed E-state index contributed by atoms with van der Waals surface area (Å²) in [6, 6.07) is 5.10. The van der Waals surface area contributed by atoms with E-state index in [0.717, 1.165) is 25.2 Å². The summed E-state index contributed by atoms with van der Waals surface area (Å²) in [7, 11) is -3.77. The number of benzene rings is 1. The molecule has 1 fully saturated rings. The maximum absolute atomic E-state index is 11.6. The van der Waals surface area contributed by atoms with Crippen molar-refractivity contribution in [1.29, 1.82) is 0 Å². The summed E-state index contributed by atoms with van der Waals surface area (Å²) < 4.78 is 23.3. The van der Waals surface area contributed by atoms with E-state index in [1.165, 1.54) is 18.9 Å². The molecule has 5 N–H and O–H groups in total. The van der Waals surface area contributed by atoms with Crippen LogP contribution in [0.25, 0.3) is 0 Å². The van der Waals surface area contributed by atoms with E-state index in [1.807, 2.05) is 0 Å². The minimum atomic E-state index is -3.77. The second-order valence-electron chi connectivity index (χ2n) is 5.76. The molecule has 2 unspecified atom stereocenters. The van der Waals surface area contributed by atoms with Crippen molar-refractivity contribution < 1.29 is 8.42 Å². The van der Waals surface area contributed by atoms with Crippen LogP contribution >= 0.6 is 0 Å². The number of nitrogen functional groups attached to an aromatic ring is 1. The molecule has 2 atom stereocenters. The molecule has 0 bridgehead atoms. The van der Waals surface area contributed by atoms with Gasteiger partial charge in [-0.05, 0) is 43.4 Å². The lowest BCUT2D eigenvalue weighted by atomic mass is 10.0. The monoisotopic (exact) mass is 297 g/mol. The first-order valence-electron chi connectivity index (χ1n) is 7.05. The summed E-state index contributed by atoms with van der Waals surface area (Å²) in [5.41, 5.74) is 6.61. The van der Waals surface area contributed by atoms with Crippen LogP contribution in [-0.4, -0.2) is 14.5 Å². The van der Waals surface area contributed by atoms with Crippen molar-refractivity contribution >= 4 is 21.4 Å². The first-order chi connectivity index (χ1) is 9.36. The molecule has 1 aromatic carbocycles. The van der Waals surface area contributed by atoms with Crippen LogP contribution in [0.15, 0.2) is 23.1 Å². The van der Waals surface area contributed by atoms with Gasteiger partial charge in [0.25, 0.3) is 0 Å². The summed E-state index contributed by atoms with van der Waals surface area (Å²) >= 11 is 0. The predicted octanol–water partition coefficient (Wildman–Crippen LogP) is 2.30. The van der Waals surface area contributed by atoms with Crippen molar-refractivity contribution in [1.82, 2.24) is 0 Å². The van der Waals surface area contributed by atoms with Crippen molar-refractivity contribution in [3.8, 4) is 0 Å². The average Bonchev–Trinajstić information content (AvgIpc) is 2.55. The SMILES string of the molecule is CC1CCCC(Nc2ccc(N)cc2S(N)(=O)=O)CC1. The van der Waals surface area contributed by atoms with Gasteiger partial charge in [0.15, 0.2) is 0 Å². The lowest BCUT2D eigenvalue weighted by Gasteiger charge is -2.20. The van der Waals surface area contributed by atoms with Crippen LogP contribution < -0.4 is 16.2 Å². The molecule has 20 heavy (non-hydrogen) atoms. The predicted molar refractivity (Wildman–Crippen MR) is 81.9 cm³/mol. The lowest BCUT2D eigenvalue weighted by molar-refractivity contribution is 0.502. The van der Waals surface area contributed by atoms with E-state index >= 15 is 0 Å². The Morgan fingerprint density at radius 3 is 2.65 bits per heavy atom. The van der Waals surface area contributed by atoms with Crippen LogP contribution in [0.2, 0.25) is 0 Å². The number of rotatable bonds is 3. The summed E-state index contributed by atoms with van der Waals surface area (Å²) in [4.78, 5) is 0.0785. The largest absolute Gasteiger partial charge is 0.399 e. The van der Waals surface area contributed by atoms with Gasteiger partial charge in [-0.2, -0.15) is 0 Å². The minimum Gasteiger partial charge on any atom is -0.399 e. The molecule has 1 aliphatic rings. The van der Waals surface area contributed by atoms with Crippen LogP contribution in [0.4, 0.5) is 11.4 Å². The highest BCUT2D eigenvalue weighted by Gasteiger charge is 2.20. The van der Waals surface area contributed by atoms with Gasteiger partial charge in [-0.3, -0.25) is 0 Å². The molecule has 0 aliphatic heterocycles. The van der Waals surface area contributed by atoms with Gasteiger partial charge in [0.2, 0.25) is 10.0 Å². The Balaban J connectivity index is 2.21. The maximum Gasteiger partial charge on any atom is 0.240 e. The highest BCUT2D eigenvalue weighted by atomic mass is 32.2. The van der Waals surface area contributed by atoms with Crippen molar-refractivity contribution in [2.75, 3.05) is 11.1 Å². The Bertz CT molecular complexity index is 572. The van der Waals surface area contributed by atoms with Gasteiger partial charge in [0.1, 0.15) is 4.90 Å². The summed E-state index contributed by atoms with van der Waals surface area (Å²) in [5.74, 6) is 0.742. The second-order valence-corrected chi connectivity index (χ2v) is 7.29. The van der Waals surface area contributed by atoms with Crippen LogP contribution in [0, 0.1) is 5.92 Å². The quantitative estimate of drug-likeness (QED) is 0.589. The number of hydrogen-bond donors (Lipinski definition) is 3. The van der Waals surface area contributed by atoms with Gasteiger partial charge in [-0.15, -0.1) is 0 Å². The summed E-state index contributed by atoms with van der Waals surface area (Å²) in [6.45, 7) is 2.27. The maximum atomic E-state index is 11.6. The van der Waals surface area contributed by atoms with Gasteiger partial charge in [0, 0.05) is 11.7 Å². The summed E-state index contributed by atoms with van der Waals surface area (Å²) in [5, 5.41) is 8.59. The lowest BCUT2D eigenvalue weighted by Crippen LogP contribution is -2.22. The first-order valence-corrected chi connectivity index (χ1v) is 8.60. The van der Waals surface area contributed by atoms with E-state index in [9.17, 15) is 8.42 Å². The normalized spacial score (nSPS) is 24.1. The number of nitrogens with two attached hydrogens (primary N) is 2. The third kappa shape index (κ3) is 3.86. The fourth-order valence-electron chi connectivity index (χ4n) is 2.74. The van der Waals surface area contributed by atoms with E-state index in [0.29, 0.717) is 17.4 Å². The van der Waals surface area contributed by atoms with Gasteiger partial charge in [-0.25, -0.2) is 13.6 Å². The molecule has 6 heteroatoms. The van der Waals surface area contributed by atoms with Gasteiger partial charge in [0.05, 0.1) is 5.69 Å². The summed E-state index contributed by atoms with van der Waals surface area (Å²) in [6.07, 6.45) is 5.67. The van der Waals surface area contributed by atoms with Crippen LogP contribution in [0.1, 0.15) is 39.0 Å². The van der Waals surface area contributed by atoms with Crippen molar-refractivity contribution in [2.45, 2.75) is 50.0 Å². The third-order valence-corrected chi connectivity index (χ3v) is 4.88. The smallest absolute Gasteiger partial charge is 0.240 e. The molecular weight excluding hydrogens is 274 g/mol. The van der Waals surface area contributed by atoms with E-state index in [1.54, 1.807) is 12.1 Å². The van der Waals surface area contributed by atoms with E-state index < -0.39 is 10.0 Å². The Morgan fingerprint density at radius 2 is 1.95 bits per heavy atom. The molecule has 0 spiro atoms. The molecule has 2 rings (SSSR count). The fourth-order valence-corrected chi connectivity index (χ4v) is 3.48. The zero-order valence-electron chi connectivity index (χ0n) is 11.8. The van der Waals surface area contributed by atoms with E-state index in [-0.39, 0.29) is 4.90 Å². The zero-order chi connectivity index (χ0) is 14.8. The Labute approximate surface area is 120 Å². The molecule has 0 heterocycles. The first kappa shape index (κ1) is 15.1. The Morgan fingerprint density at radius 1 is 1.20 bits per heavy atom. The minimum absolute atomic E-state index is 0.0785. The molecule has 1 saturated carbocycles. The molecule has 1 aliphatic carbocycles. The van der Waals surface area contributed by atoms with Gasteiger partial charge < -0.3 is 11.1 Å². The Kier molecular flexibility index (Phi) is 4.55. The molecule has 0 aromatic heterocycles. The molecule has 1 aromatic rings. The van der Waals surface area contributed by atoms with Crippen LogP contribution in [0.5, 0.6) is 0 Å². The molecule has 0 amide bonds. The molecule has 112 valence electrons. The van der Waals surface area contributed by atoms with Crippen molar-refractivity contribution in [2.24, 2.45) is 11.1 Å². The highest BCUT2D eigenvalue weighted by Crippen LogP contribution is 2.28.